The van der Waals surface area contributed by atoms with Crippen molar-refractivity contribution in [2.24, 2.45) is 5.41 Å². The van der Waals surface area contributed by atoms with E-state index in [9.17, 15) is 9.59 Å². The van der Waals surface area contributed by atoms with E-state index in [2.05, 4.69) is 65.2 Å². The molecule has 1 amide bonds. The quantitative estimate of drug-likeness (QED) is 0.824. The molecule has 2 N–H and O–H groups in total. The van der Waals surface area contributed by atoms with Gasteiger partial charge in [0, 0.05) is 25.7 Å². The lowest BCUT2D eigenvalue weighted by Gasteiger charge is -2.37. The number of fused-ring (bicyclic) bond motifs is 1. The van der Waals surface area contributed by atoms with E-state index >= 15 is 0 Å². The van der Waals surface area contributed by atoms with Crippen LogP contribution in [0.1, 0.15) is 52.9 Å². The van der Waals surface area contributed by atoms with Crippen LogP contribution in [0.3, 0.4) is 0 Å². The van der Waals surface area contributed by atoms with Gasteiger partial charge in [0.25, 0.3) is 5.91 Å². The molecule has 0 bridgehead atoms. The highest BCUT2D eigenvalue weighted by molar-refractivity contribution is 5.93. The second-order valence-corrected chi connectivity index (χ2v) is 8.24. The zero-order chi connectivity index (χ0) is 20.3. The molecule has 1 aliphatic rings. The van der Waals surface area contributed by atoms with E-state index in [1.807, 2.05) is 0 Å². The average molecular weight is 382 g/mol. The van der Waals surface area contributed by atoms with Gasteiger partial charge in [-0.15, -0.1) is 0 Å². The molecule has 3 rings (SSSR count). The van der Waals surface area contributed by atoms with Gasteiger partial charge in [-0.3, -0.25) is 9.69 Å². The van der Waals surface area contributed by atoms with E-state index < -0.39 is 5.97 Å². The second kappa shape index (κ2) is 8.06. The zero-order valence-corrected chi connectivity index (χ0v) is 16.5. The number of rotatable bonds is 5. The van der Waals surface area contributed by atoms with E-state index in [0.29, 0.717) is 0 Å². The smallest absolute Gasteiger partial charge is 0.356 e. The minimum Gasteiger partial charge on any atom is -0.476 e. The fourth-order valence-corrected chi connectivity index (χ4v) is 3.29. The summed E-state index contributed by atoms with van der Waals surface area (Å²) in [7, 11) is 0. The van der Waals surface area contributed by atoms with Crippen molar-refractivity contribution in [1.29, 1.82) is 0 Å². The number of nitrogens with zero attached hydrogens (tertiary/aromatic N) is 3. The summed E-state index contributed by atoms with van der Waals surface area (Å²) in [5.41, 5.74) is 2.51. The molecule has 1 atom stereocenters. The third-order valence-electron chi connectivity index (χ3n) is 5.10. The standard InChI is InChI=1S/C21H26N4O3/c1-21(2,3)18(13-25-9-8-14-6-4-5-7-15(14)12-25)24-19(26)16-10-23-17(11-22-16)20(27)28/h4-7,10-11,18H,8-9,12-13H2,1-3H3,(H,24,26)(H,27,28). The first kappa shape index (κ1) is 19.9. The highest BCUT2D eigenvalue weighted by Gasteiger charge is 2.30. The SMILES string of the molecule is CC(C)(C)C(CN1CCc2ccccc2C1)NC(=O)c1cnc(C(=O)O)cn1. The third-order valence-corrected chi connectivity index (χ3v) is 5.10. The van der Waals surface area contributed by atoms with Crippen LogP contribution in [-0.2, 0) is 13.0 Å². The third kappa shape index (κ3) is 4.72. The summed E-state index contributed by atoms with van der Waals surface area (Å²) in [6, 6.07) is 8.38. The van der Waals surface area contributed by atoms with Gasteiger partial charge in [-0.1, -0.05) is 45.0 Å². The Morgan fingerprint density at radius 2 is 1.79 bits per heavy atom. The molecule has 2 aromatic rings. The number of aromatic nitrogens is 2. The molecule has 28 heavy (non-hydrogen) atoms. The molecule has 0 saturated carbocycles. The van der Waals surface area contributed by atoms with E-state index in [1.165, 1.54) is 17.3 Å². The van der Waals surface area contributed by atoms with Crippen molar-refractivity contribution in [3.8, 4) is 0 Å². The Bertz CT molecular complexity index is 859. The summed E-state index contributed by atoms with van der Waals surface area (Å²) >= 11 is 0. The molecule has 0 spiro atoms. The first-order chi connectivity index (χ1) is 13.2. The van der Waals surface area contributed by atoms with Crippen molar-refractivity contribution >= 4 is 11.9 Å². The van der Waals surface area contributed by atoms with Crippen molar-refractivity contribution in [3.05, 3.63) is 59.2 Å². The van der Waals surface area contributed by atoms with Crippen LogP contribution in [0.2, 0.25) is 0 Å². The van der Waals surface area contributed by atoms with Gasteiger partial charge < -0.3 is 10.4 Å². The maximum Gasteiger partial charge on any atom is 0.356 e. The molecule has 1 aromatic carbocycles. The van der Waals surface area contributed by atoms with Crippen LogP contribution in [-0.4, -0.2) is 51.0 Å². The summed E-state index contributed by atoms with van der Waals surface area (Å²) in [5.74, 6) is -1.51. The van der Waals surface area contributed by atoms with Crippen molar-refractivity contribution in [1.82, 2.24) is 20.2 Å². The van der Waals surface area contributed by atoms with Gasteiger partial charge in [0.15, 0.2) is 5.69 Å². The number of aromatic carboxylic acids is 1. The van der Waals surface area contributed by atoms with Crippen LogP contribution >= 0.6 is 0 Å². The Morgan fingerprint density at radius 1 is 1.14 bits per heavy atom. The van der Waals surface area contributed by atoms with Crippen LogP contribution < -0.4 is 5.32 Å². The normalized spacial score (nSPS) is 15.5. The number of carbonyl (C=O) groups excluding carboxylic acids is 1. The zero-order valence-electron chi connectivity index (χ0n) is 16.5. The molecule has 0 radical (unpaired) electrons. The van der Waals surface area contributed by atoms with Gasteiger partial charge in [0.1, 0.15) is 5.69 Å². The van der Waals surface area contributed by atoms with Gasteiger partial charge in [-0.2, -0.15) is 0 Å². The van der Waals surface area contributed by atoms with E-state index in [0.717, 1.165) is 32.3 Å². The lowest BCUT2D eigenvalue weighted by Crippen LogP contribution is -2.51. The number of benzene rings is 1. The van der Waals surface area contributed by atoms with E-state index in [-0.39, 0.29) is 28.8 Å². The molecule has 7 heteroatoms. The van der Waals surface area contributed by atoms with Crippen molar-refractivity contribution in [2.75, 3.05) is 13.1 Å². The van der Waals surface area contributed by atoms with Crippen LogP contribution in [0.25, 0.3) is 0 Å². The lowest BCUT2D eigenvalue weighted by molar-refractivity contribution is 0.0688. The number of amides is 1. The maximum atomic E-state index is 12.6. The number of carboxylic acid groups (broad SMARTS) is 1. The fraction of sp³-hybridized carbons (Fsp3) is 0.429. The highest BCUT2D eigenvalue weighted by Crippen LogP contribution is 2.24. The molecule has 148 valence electrons. The molecular formula is C21H26N4O3. The molecule has 1 unspecified atom stereocenters. The van der Waals surface area contributed by atoms with Crippen LogP contribution in [0, 0.1) is 5.41 Å². The highest BCUT2D eigenvalue weighted by atomic mass is 16.4. The monoisotopic (exact) mass is 382 g/mol. The molecule has 1 aromatic heterocycles. The molecule has 0 saturated heterocycles. The largest absolute Gasteiger partial charge is 0.476 e. The molecule has 0 aliphatic carbocycles. The Balaban J connectivity index is 1.69. The van der Waals surface area contributed by atoms with Crippen LogP contribution in [0.4, 0.5) is 0 Å². The second-order valence-electron chi connectivity index (χ2n) is 8.24. The summed E-state index contributed by atoms with van der Waals surface area (Å²) in [4.78, 5) is 33.6. The van der Waals surface area contributed by atoms with Crippen molar-refractivity contribution in [3.63, 3.8) is 0 Å². The number of hydrogen-bond acceptors (Lipinski definition) is 5. The van der Waals surface area contributed by atoms with Gasteiger partial charge in [0.05, 0.1) is 12.4 Å². The van der Waals surface area contributed by atoms with Crippen LogP contribution in [0.15, 0.2) is 36.7 Å². The molecule has 0 fully saturated rings. The topological polar surface area (TPSA) is 95.4 Å². The van der Waals surface area contributed by atoms with Gasteiger partial charge in [-0.05, 0) is 23.0 Å². The molecule has 2 heterocycles. The summed E-state index contributed by atoms with van der Waals surface area (Å²) in [5, 5.41) is 12.0. The summed E-state index contributed by atoms with van der Waals surface area (Å²) < 4.78 is 0. The van der Waals surface area contributed by atoms with Crippen molar-refractivity contribution in [2.45, 2.75) is 39.8 Å². The van der Waals surface area contributed by atoms with Crippen LogP contribution in [0.5, 0.6) is 0 Å². The maximum absolute atomic E-state index is 12.6. The Kier molecular flexibility index (Phi) is 5.74. The number of carboxylic acids is 1. The van der Waals surface area contributed by atoms with Gasteiger partial charge in [0.2, 0.25) is 0 Å². The van der Waals surface area contributed by atoms with Crippen molar-refractivity contribution < 1.29 is 14.7 Å². The number of hydrogen-bond donors (Lipinski definition) is 2. The Morgan fingerprint density at radius 3 is 2.39 bits per heavy atom. The Hall–Kier alpha value is -2.80. The minimum atomic E-state index is -1.17. The summed E-state index contributed by atoms with van der Waals surface area (Å²) in [6.45, 7) is 8.82. The molecular weight excluding hydrogens is 356 g/mol. The molecule has 1 aliphatic heterocycles. The predicted octanol–water partition coefficient (Wildman–Crippen LogP) is 2.38. The molecule has 7 nitrogen and oxygen atoms in total. The number of nitrogens with one attached hydrogen (secondary N) is 1. The first-order valence-corrected chi connectivity index (χ1v) is 9.39. The predicted molar refractivity (Wildman–Crippen MR) is 105 cm³/mol. The average Bonchev–Trinajstić information content (AvgIpc) is 2.66. The van der Waals surface area contributed by atoms with E-state index in [4.69, 9.17) is 5.11 Å². The lowest BCUT2D eigenvalue weighted by atomic mass is 9.85. The van der Waals surface area contributed by atoms with E-state index in [1.54, 1.807) is 0 Å². The van der Waals surface area contributed by atoms with Gasteiger partial charge in [-0.25, -0.2) is 14.8 Å². The van der Waals surface area contributed by atoms with Gasteiger partial charge >= 0.3 is 5.97 Å². The summed E-state index contributed by atoms with van der Waals surface area (Å²) in [6.07, 6.45) is 3.31. The fourth-order valence-electron chi connectivity index (χ4n) is 3.29. The Labute approximate surface area is 164 Å². The number of carbonyl (C=O) groups is 2. The first-order valence-electron chi connectivity index (χ1n) is 9.39. The minimum absolute atomic E-state index is 0.0915.